The minimum absolute atomic E-state index is 0.0276. The van der Waals surface area contributed by atoms with Gasteiger partial charge in [-0.15, -0.1) is 0 Å². The van der Waals surface area contributed by atoms with E-state index in [9.17, 15) is 13.2 Å². The normalized spacial score (nSPS) is 11.3. The van der Waals surface area contributed by atoms with E-state index in [4.69, 9.17) is 23.2 Å². The predicted octanol–water partition coefficient (Wildman–Crippen LogP) is 3.61. The van der Waals surface area contributed by atoms with Crippen molar-refractivity contribution in [2.75, 3.05) is 11.9 Å². The molecule has 2 N–H and O–H groups in total. The SMILES string of the molecule is Cc1ccc(S(=O)(=O)NCCC(=O)Nc2cccc(Cl)c2Cl)cc1. The van der Waals surface area contributed by atoms with Crippen molar-refractivity contribution in [2.45, 2.75) is 18.2 Å². The second-order valence-electron chi connectivity index (χ2n) is 5.11. The lowest BCUT2D eigenvalue weighted by Crippen LogP contribution is -2.27. The maximum Gasteiger partial charge on any atom is 0.240 e. The van der Waals surface area contributed by atoms with Gasteiger partial charge in [0, 0.05) is 13.0 Å². The number of nitrogens with one attached hydrogen (secondary N) is 2. The van der Waals surface area contributed by atoms with Gasteiger partial charge in [-0.25, -0.2) is 13.1 Å². The van der Waals surface area contributed by atoms with E-state index in [-0.39, 0.29) is 28.8 Å². The Hall–Kier alpha value is -1.60. The second kappa shape index (κ2) is 7.98. The second-order valence-corrected chi connectivity index (χ2v) is 7.66. The van der Waals surface area contributed by atoms with Gasteiger partial charge in [0.2, 0.25) is 15.9 Å². The summed E-state index contributed by atoms with van der Waals surface area (Å²) in [7, 11) is -3.64. The van der Waals surface area contributed by atoms with E-state index in [1.807, 2.05) is 6.92 Å². The van der Waals surface area contributed by atoms with Crippen LogP contribution in [0.15, 0.2) is 47.4 Å². The Balaban J connectivity index is 1.90. The van der Waals surface area contributed by atoms with Gasteiger partial charge in [0.15, 0.2) is 0 Å². The molecule has 0 fully saturated rings. The molecule has 0 saturated heterocycles. The van der Waals surface area contributed by atoms with Gasteiger partial charge in [-0.1, -0.05) is 47.0 Å². The molecule has 0 aliphatic rings. The quantitative estimate of drug-likeness (QED) is 0.795. The highest BCUT2D eigenvalue weighted by Crippen LogP contribution is 2.29. The molecule has 2 aromatic carbocycles. The molecule has 1 amide bonds. The molecule has 0 spiro atoms. The highest BCUT2D eigenvalue weighted by atomic mass is 35.5. The Morgan fingerprint density at radius 3 is 2.42 bits per heavy atom. The molecular formula is C16H16Cl2N2O3S. The fourth-order valence-electron chi connectivity index (χ4n) is 1.91. The molecule has 0 bridgehead atoms. The molecule has 0 radical (unpaired) electrons. The van der Waals surface area contributed by atoms with Crippen molar-refractivity contribution in [3.8, 4) is 0 Å². The summed E-state index contributed by atoms with van der Waals surface area (Å²) in [5, 5.41) is 3.17. The van der Waals surface area contributed by atoms with Crippen LogP contribution in [-0.4, -0.2) is 20.9 Å². The van der Waals surface area contributed by atoms with Gasteiger partial charge in [0.05, 0.1) is 20.6 Å². The molecule has 0 unspecified atom stereocenters. The van der Waals surface area contributed by atoms with Crippen molar-refractivity contribution in [3.05, 3.63) is 58.1 Å². The van der Waals surface area contributed by atoms with Crippen LogP contribution in [-0.2, 0) is 14.8 Å². The monoisotopic (exact) mass is 386 g/mol. The standard InChI is InChI=1S/C16H16Cl2N2O3S/c1-11-5-7-12(8-6-11)24(22,23)19-10-9-15(21)20-14-4-2-3-13(17)16(14)18/h2-8,19H,9-10H2,1H3,(H,20,21). The maximum absolute atomic E-state index is 12.1. The van der Waals surface area contributed by atoms with Crippen molar-refractivity contribution in [1.29, 1.82) is 0 Å². The molecule has 128 valence electrons. The first-order chi connectivity index (χ1) is 11.3. The third-order valence-electron chi connectivity index (χ3n) is 3.20. The van der Waals surface area contributed by atoms with Gasteiger partial charge in [-0.3, -0.25) is 4.79 Å². The fraction of sp³-hybridized carbons (Fsp3) is 0.188. The van der Waals surface area contributed by atoms with Crippen molar-refractivity contribution in [3.63, 3.8) is 0 Å². The summed E-state index contributed by atoms with van der Waals surface area (Å²) in [6, 6.07) is 11.3. The highest BCUT2D eigenvalue weighted by Gasteiger charge is 2.14. The third-order valence-corrected chi connectivity index (χ3v) is 5.50. The number of hydrogen-bond donors (Lipinski definition) is 2. The van der Waals surface area contributed by atoms with Crippen molar-refractivity contribution >= 4 is 44.8 Å². The molecule has 24 heavy (non-hydrogen) atoms. The van der Waals surface area contributed by atoms with Gasteiger partial charge >= 0.3 is 0 Å². The molecule has 8 heteroatoms. The Morgan fingerprint density at radius 2 is 1.75 bits per heavy atom. The van der Waals surface area contributed by atoms with E-state index < -0.39 is 10.0 Å². The number of rotatable bonds is 6. The first-order valence-electron chi connectivity index (χ1n) is 7.10. The topological polar surface area (TPSA) is 75.3 Å². The largest absolute Gasteiger partial charge is 0.325 e. The molecule has 0 aliphatic heterocycles. The lowest BCUT2D eigenvalue weighted by atomic mass is 10.2. The summed E-state index contributed by atoms with van der Waals surface area (Å²) >= 11 is 11.8. The third kappa shape index (κ3) is 4.95. The van der Waals surface area contributed by atoms with E-state index in [1.165, 1.54) is 12.1 Å². The Kier molecular flexibility index (Phi) is 6.23. The lowest BCUT2D eigenvalue weighted by molar-refractivity contribution is -0.116. The number of halogens is 2. The zero-order chi connectivity index (χ0) is 17.7. The summed E-state index contributed by atoms with van der Waals surface area (Å²) in [5.74, 6) is -0.370. The average molecular weight is 387 g/mol. The number of benzene rings is 2. The van der Waals surface area contributed by atoms with Crippen molar-refractivity contribution in [2.24, 2.45) is 0 Å². The number of carbonyl (C=O) groups excluding carboxylic acids is 1. The summed E-state index contributed by atoms with van der Waals surface area (Å²) in [6.45, 7) is 1.84. The zero-order valence-electron chi connectivity index (χ0n) is 12.8. The summed E-state index contributed by atoms with van der Waals surface area (Å²) in [5.41, 5.74) is 1.35. The first kappa shape index (κ1) is 18.7. The molecule has 0 atom stereocenters. The van der Waals surface area contributed by atoms with Gasteiger partial charge < -0.3 is 5.32 Å². The van der Waals surface area contributed by atoms with E-state index in [0.29, 0.717) is 10.7 Å². The van der Waals surface area contributed by atoms with E-state index in [2.05, 4.69) is 10.0 Å². The van der Waals surface area contributed by atoms with Gasteiger partial charge in [0.1, 0.15) is 0 Å². The molecular weight excluding hydrogens is 371 g/mol. The Labute approximate surface area is 151 Å². The number of sulfonamides is 1. The molecule has 0 aromatic heterocycles. The van der Waals surface area contributed by atoms with Crippen LogP contribution in [0.2, 0.25) is 10.0 Å². The van der Waals surface area contributed by atoms with E-state index in [0.717, 1.165) is 5.56 Å². The number of carbonyl (C=O) groups is 1. The van der Waals surface area contributed by atoms with Crippen LogP contribution in [0.1, 0.15) is 12.0 Å². The Morgan fingerprint density at radius 1 is 1.08 bits per heavy atom. The number of amides is 1. The van der Waals surface area contributed by atoms with Crippen LogP contribution >= 0.6 is 23.2 Å². The van der Waals surface area contributed by atoms with E-state index >= 15 is 0 Å². The molecule has 0 aliphatic carbocycles. The number of aryl methyl sites for hydroxylation is 1. The molecule has 2 rings (SSSR count). The van der Waals surface area contributed by atoms with Crippen LogP contribution in [0.4, 0.5) is 5.69 Å². The van der Waals surface area contributed by atoms with Gasteiger partial charge in [0.25, 0.3) is 0 Å². The number of hydrogen-bond acceptors (Lipinski definition) is 3. The van der Waals surface area contributed by atoms with Crippen LogP contribution in [0.3, 0.4) is 0 Å². The predicted molar refractivity (Wildman–Crippen MR) is 96.1 cm³/mol. The smallest absolute Gasteiger partial charge is 0.240 e. The van der Waals surface area contributed by atoms with Gasteiger partial charge in [-0.2, -0.15) is 0 Å². The van der Waals surface area contributed by atoms with Gasteiger partial charge in [-0.05, 0) is 31.2 Å². The molecule has 2 aromatic rings. The first-order valence-corrected chi connectivity index (χ1v) is 9.34. The average Bonchev–Trinajstić information content (AvgIpc) is 2.52. The molecule has 0 heterocycles. The van der Waals surface area contributed by atoms with E-state index in [1.54, 1.807) is 30.3 Å². The molecule has 0 saturated carbocycles. The van der Waals surface area contributed by atoms with Crippen LogP contribution in [0.25, 0.3) is 0 Å². The zero-order valence-corrected chi connectivity index (χ0v) is 15.2. The maximum atomic E-state index is 12.1. The minimum Gasteiger partial charge on any atom is -0.325 e. The highest BCUT2D eigenvalue weighted by molar-refractivity contribution is 7.89. The lowest BCUT2D eigenvalue weighted by Gasteiger charge is -2.09. The van der Waals surface area contributed by atoms with Crippen molar-refractivity contribution < 1.29 is 13.2 Å². The van der Waals surface area contributed by atoms with Crippen LogP contribution in [0.5, 0.6) is 0 Å². The molecule has 5 nitrogen and oxygen atoms in total. The Bertz CT molecular complexity index is 837. The summed E-state index contributed by atoms with van der Waals surface area (Å²) in [6.07, 6.45) is -0.0338. The summed E-state index contributed by atoms with van der Waals surface area (Å²) < 4.78 is 26.6. The summed E-state index contributed by atoms with van der Waals surface area (Å²) in [4.78, 5) is 12.1. The van der Waals surface area contributed by atoms with Crippen LogP contribution < -0.4 is 10.0 Å². The van der Waals surface area contributed by atoms with Crippen molar-refractivity contribution in [1.82, 2.24) is 4.72 Å². The van der Waals surface area contributed by atoms with Crippen LogP contribution in [0, 0.1) is 6.92 Å². The minimum atomic E-state index is -3.64. The fourth-order valence-corrected chi connectivity index (χ4v) is 3.29. The number of anilines is 1.